The van der Waals surface area contributed by atoms with Gasteiger partial charge in [-0.1, -0.05) is 5.21 Å². The van der Waals surface area contributed by atoms with E-state index in [0.717, 1.165) is 31.2 Å². The molecule has 1 fully saturated rings. The number of thiophene rings is 1. The number of ether oxygens (including phenoxy) is 7. The normalized spacial score (nSPS) is 21.6. The smallest absolute Gasteiger partial charge is 0.410 e. The number of hydrogen-bond acceptors (Lipinski definition) is 17. The van der Waals surface area contributed by atoms with Gasteiger partial charge in [0, 0.05) is 39.1 Å². The monoisotopic (exact) mass is 720 g/mol. The van der Waals surface area contributed by atoms with Crippen LogP contribution in [0.1, 0.15) is 56.6 Å². The summed E-state index contributed by atoms with van der Waals surface area (Å²) in [6.45, 7) is 6.59. The molecule has 3 aromatic rings. The molecule has 5 atom stereocenters. The highest BCUT2D eigenvalue weighted by Gasteiger charge is 2.52. The SMILES string of the molecule is CCOC(=O)N1CCc2c(sc3nc(Cc4cn(CO[C@@H]5O[C@H](COC(C)=O)[C@H](OC(C)=O)[C@H](OC(C)=O)[C@H]5OC(C)=O)nn4)[nH]c(=O)c23)C1. The second kappa shape index (κ2) is 15.7. The maximum Gasteiger partial charge on any atom is 0.410 e. The lowest BCUT2D eigenvalue weighted by molar-refractivity contribution is -0.315. The third-order valence-corrected chi connectivity index (χ3v) is 8.65. The Balaban J connectivity index is 1.31. The van der Waals surface area contributed by atoms with Crippen LogP contribution in [-0.4, -0.2) is 110 Å². The molecular formula is C30H36N6O13S. The average molecular weight is 721 g/mol. The van der Waals surface area contributed by atoms with E-state index < -0.39 is 67.3 Å². The first-order valence-corrected chi connectivity index (χ1v) is 16.4. The molecule has 50 heavy (non-hydrogen) atoms. The molecule has 0 aromatic carbocycles. The van der Waals surface area contributed by atoms with Crippen LogP contribution in [0.3, 0.4) is 0 Å². The van der Waals surface area contributed by atoms with Crippen LogP contribution in [0.4, 0.5) is 4.79 Å². The van der Waals surface area contributed by atoms with Crippen molar-refractivity contribution in [1.29, 1.82) is 0 Å². The van der Waals surface area contributed by atoms with Crippen LogP contribution in [0.5, 0.6) is 0 Å². The summed E-state index contributed by atoms with van der Waals surface area (Å²) in [4.78, 5) is 83.4. The molecule has 20 heteroatoms. The fourth-order valence-corrected chi connectivity index (χ4v) is 6.88. The van der Waals surface area contributed by atoms with Gasteiger partial charge in [-0.05, 0) is 18.9 Å². The van der Waals surface area contributed by atoms with Gasteiger partial charge in [0.2, 0.25) is 6.29 Å². The number of esters is 4. The minimum absolute atomic E-state index is 0.113. The summed E-state index contributed by atoms with van der Waals surface area (Å²) in [6.07, 6.45) is -4.95. The van der Waals surface area contributed by atoms with Crippen LogP contribution >= 0.6 is 11.3 Å². The number of carbonyl (C=O) groups is 5. The van der Waals surface area contributed by atoms with Crippen molar-refractivity contribution in [1.82, 2.24) is 29.9 Å². The second-order valence-corrected chi connectivity index (χ2v) is 12.4. The molecule has 2 aliphatic heterocycles. The minimum Gasteiger partial charge on any atom is -0.463 e. The zero-order valence-corrected chi connectivity index (χ0v) is 28.7. The van der Waals surface area contributed by atoms with Crippen molar-refractivity contribution in [2.24, 2.45) is 0 Å². The Labute approximate surface area is 288 Å². The number of fused-ring (bicyclic) bond motifs is 3. The molecule has 270 valence electrons. The number of H-pyrrole nitrogens is 1. The zero-order valence-electron chi connectivity index (χ0n) is 27.9. The fraction of sp³-hybridized carbons (Fsp3) is 0.567. The van der Waals surface area contributed by atoms with Crippen LogP contribution in [-0.2, 0) is 78.5 Å². The standard InChI is InChI=1S/C30H36N6O13S/c1-6-43-30(42)35-8-7-19-21(11-35)50-28-23(19)27(41)31-22(32-28)9-18-10-36(34-33-18)13-45-29-26(48-17(5)40)25(47-16(4)39)24(46-15(3)38)20(49-29)12-44-14(2)37/h10,20,24-26,29H,6-9,11-13H2,1-5H3,(H,31,32,41)/t20-,24+,25+,26-,29-/m1/s1. The number of nitrogens with one attached hydrogen (secondary N) is 1. The summed E-state index contributed by atoms with van der Waals surface area (Å²) in [5, 5.41) is 8.68. The summed E-state index contributed by atoms with van der Waals surface area (Å²) in [5.74, 6) is -2.61. The summed E-state index contributed by atoms with van der Waals surface area (Å²) < 4.78 is 39.5. The molecule has 0 unspecified atom stereocenters. The van der Waals surface area contributed by atoms with Crippen molar-refractivity contribution in [3.63, 3.8) is 0 Å². The summed E-state index contributed by atoms with van der Waals surface area (Å²) in [5.41, 5.74) is 0.995. The molecule has 5 heterocycles. The van der Waals surface area contributed by atoms with Crippen LogP contribution in [0.15, 0.2) is 11.0 Å². The molecule has 0 bridgehead atoms. The number of amides is 1. The van der Waals surface area contributed by atoms with E-state index in [1.54, 1.807) is 11.8 Å². The van der Waals surface area contributed by atoms with Gasteiger partial charge in [0.1, 0.15) is 30.1 Å². The van der Waals surface area contributed by atoms with E-state index in [9.17, 15) is 28.8 Å². The lowest BCUT2D eigenvalue weighted by atomic mass is 9.98. The van der Waals surface area contributed by atoms with Gasteiger partial charge >= 0.3 is 30.0 Å². The van der Waals surface area contributed by atoms with Crippen molar-refractivity contribution in [2.45, 2.75) is 91.4 Å². The molecule has 2 aliphatic rings. The third kappa shape index (κ3) is 8.61. The minimum atomic E-state index is -1.41. The first-order chi connectivity index (χ1) is 23.8. The highest BCUT2D eigenvalue weighted by Crippen LogP contribution is 2.33. The van der Waals surface area contributed by atoms with E-state index in [4.69, 9.17) is 33.2 Å². The van der Waals surface area contributed by atoms with Crippen molar-refractivity contribution in [2.75, 3.05) is 19.8 Å². The molecule has 0 aliphatic carbocycles. The summed E-state index contributed by atoms with van der Waals surface area (Å²) in [6, 6.07) is 0. The number of rotatable bonds is 11. The van der Waals surface area contributed by atoms with Gasteiger partial charge in [0.05, 0.1) is 36.8 Å². The summed E-state index contributed by atoms with van der Waals surface area (Å²) >= 11 is 1.35. The van der Waals surface area contributed by atoms with E-state index in [-0.39, 0.29) is 25.3 Å². The Morgan fingerprint density at radius 1 is 0.980 bits per heavy atom. The number of nitrogens with zero attached hydrogens (tertiary/aromatic N) is 5. The first kappa shape index (κ1) is 36.3. The van der Waals surface area contributed by atoms with E-state index in [2.05, 4.69) is 20.3 Å². The Kier molecular flexibility index (Phi) is 11.4. The van der Waals surface area contributed by atoms with E-state index in [1.807, 2.05) is 0 Å². The van der Waals surface area contributed by atoms with E-state index in [1.165, 1.54) is 29.1 Å². The van der Waals surface area contributed by atoms with E-state index in [0.29, 0.717) is 41.2 Å². The van der Waals surface area contributed by atoms with Crippen molar-refractivity contribution >= 4 is 51.5 Å². The molecule has 1 amide bonds. The second-order valence-electron chi connectivity index (χ2n) is 11.4. The largest absolute Gasteiger partial charge is 0.463 e. The highest BCUT2D eigenvalue weighted by molar-refractivity contribution is 7.18. The third-order valence-electron chi connectivity index (χ3n) is 7.54. The van der Waals surface area contributed by atoms with Gasteiger partial charge in [-0.25, -0.2) is 14.5 Å². The summed E-state index contributed by atoms with van der Waals surface area (Å²) in [7, 11) is 0. The van der Waals surface area contributed by atoms with Gasteiger partial charge in [-0.15, -0.1) is 16.4 Å². The number of carbonyl (C=O) groups excluding carboxylic acids is 5. The van der Waals surface area contributed by atoms with Crippen LogP contribution in [0, 0.1) is 0 Å². The number of hydrogen-bond donors (Lipinski definition) is 1. The predicted molar refractivity (Wildman–Crippen MR) is 167 cm³/mol. The van der Waals surface area contributed by atoms with Crippen molar-refractivity contribution < 1.29 is 57.1 Å². The van der Waals surface area contributed by atoms with Gasteiger partial charge in [-0.2, -0.15) is 0 Å². The molecule has 0 saturated carbocycles. The Bertz CT molecular complexity index is 1820. The Morgan fingerprint density at radius 2 is 1.68 bits per heavy atom. The maximum atomic E-state index is 13.1. The van der Waals surface area contributed by atoms with Crippen LogP contribution in [0.25, 0.3) is 10.2 Å². The lowest BCUT2D eigenvalue weighted by Crippen LogP contribution is -2.63. The molecule has 1 N–H and O–H groups in total. The molecule has 5 rings (SSSR count). The average Bonchev–Trinajstić information content (AvgIpc) is 3.64. The van der Waals surface area contributed by atoms with Gasteiger partial charge in [0.15, 0.2) is 18.3 Å². The van der Waals surface area contributed by atoms with Gasteiger partial charge in [0.25, 0.3) is 5.56 Å². The van der Waals surface area contributed by atoms with Crippen molar-refractivity contribution in [3.05, 3.63) is 38.5 Å². The van der Waals surface area contributed by atoms with Crippen LogP contribution in [0.2, 0.25) is 0 Å². The predicted octanol–water partition coefficient (Wildman–Crippen LogP) is 0.739. The molecule has 0 spiro atoms. The quantitative estimate of drug-likeness (QED) is 0.213. The lowest BCUT2D eigenvalue weighted by Gasteiger charge is -2.43. The van der Waals surface area contributed by atoms with Crippen LogP contribution < -0.4 is 5.56 Å². The number of aromatic nitrogens is 5. The Morgan fingerprint density at radius 3 is 2.36 bits per heavy atom. The fourth-order valence-electron chi connectivity index (χ4n) is 5.63. The van der Waals surface area contributed by atoms with Gasteiger partial charge < -0.3 is 43.0 Å². The van der Waals surface area contributed by atoms with Crippen molar-refractivity contribution in [3.8, 4) is 0 Å². The first-order valence-electron chi connectivity index (χ1n) is 15.6. The Hall–Kier alpha value is -4.95. The molecular weight excluding hydrogens is 684 g/mol. The molecule has 1 saturated heterocycles. The van der Waals surface area contributed by atoms with Gasteiger partial charge in [-0.3, -0.25) is 24.0 Å². The molecule has 0 radical (unpaired) electrons. The number of aromatic amines is 1. The van der Waals surface area contributed by atoms with E-state index >= 15 is 0 Å². The topological polar surface area (TPSA) is 230 Å². The zero-order chi connectivity index (χ0) is 36.1. The molecule has 3 aromatic heterocycles. The maximum absolute atomic E-state index is 13.1. The molecule has 19 nitrogen and oxygen atoms in total. The highest BCUT2D eigenvalue weighted by atomic mass is 32.1.